The van der Waals surface area contributed by atoms with E-state index in [2.05, 4.69) is 4.74 Å². The Hall–Kier alpha value is -1.36. The summed E-state index contributed by atoms with van der Waals surface area (Å²) in [5, 5.41) is 0. The topological polar surface area (TPSA) is 61.8 Å². The highest BCUT2D eigenvalue weighted by atomic mass is 16.5. The quantitative estimate of drug-likeness (QED) is 0.602. The van der Waals surface area contributed by atoms with Crippen molar-refractivity contribution in [2.75, 3.05) is 20.8 Å². The van der Waals surface area contributed by atoms with E-state index in [1.807, 2.05) is 0 Å². The van der Waals surface area contributed by atoms with Gasteiger partial charge in [-0.1, -0.05) is 0 Å². The minimum Gasteiger partial charge on any atom is -0.498 e. The highest BCUT2D eigenvalue weighted by Crippen LogP contribution is 2.14. The van der Waals surface area contributed by atoms with E-state index in [9.17, 15) is 9.59 Å². The molecule has 14 heavy (non-hydrogen) atoms. The predicted molar refractivity (Wildman–Crippen MR) is 46.5 cm³/mol. The van der Waals surface area contributed by atoms with Crippen molar-refractivity contribution in [3.63, 3.8) is 0 Å². The van der Waals surface area contributed by atoms with Crippen molar-refractivity contribution in [2.24, 2.45) is 0 Å². The minimum absolute atomic E-state index is 0.0742. The van der Waals surface area contributed by atoms with Crippen LogP contribution in [0.15, 0.2) is 11.8 Å². The molecule has 5 nitrogen and oxygen atoms in total. The fourth-order valence-electron chi connectivity index (χ4n) is 1.11. The van der Waals surface area contributed by atoms with E-state index in [1.165, 1.54) is 20.5 Å². The van der Waals surface area contributed by atoms with Crippen LogP contribution in [0.1, 0.15) is 6.42 Å². The van der Waals surface area contributed by atoms with Gasteiger partial charge in [-0.25, -0.2) is 0 Å². The van der Waals surface area contributed by atoms with Crippen molar-refractivity contribution >= 4 is 11.8 Å². The van der Waals surface area contributed by atoms with Crippen LogP contribution in [0.2, 0.25) is 0 Å². The van der Waals surface area contributed by atoms with Crippen molar-refractivity contribution in [1.29, 1.82) is 0 Å². The molecule has 0 saturated heterocycles. The summed E-state index contributed by atoms with van der Waals surface area (Å²) in [4.78, 5) is 22.4. The number of ether oxygens (including phenoxy) is 3. The molecular formula is C9H12O5. The maximum Gasteiger partial charge on any atom is 0.310 e. The Balaban J connectivity index is 2.64. The maximum absolute atomic E-state index is 11.5. The predicted octanol–water partition coefficient (Wildman–Crippen LogP) is 0.0477. The fraction of sp³-hybridized carbons (Fsp3) is 0.556. The first-order chi connectivity index (χ1) is 6.69. The van der Waals surface area contributed by atoms with Gasteiger partial charge in [0.25, 0.3) is 0 Å². The molecule has 1 heterocycles. The van der Waals surface area contributed by atoms with Crippen LogP contribution in [0.4, 0.5) is 0 Å². The largest absolute Gasteiger partial charge is 0.498 e. The molecule has 0 N–H and O–H groups in total. The molecule has 0 radical (unpaired) electrons. The molecule has 1 aliphatic heterocycles. The summed E-state index contributed by atoms with van der Waals surface area (Å²) in [7, 11) is 2.69. The molecule has 0 bridgehead atoms. The fourth-order valence-corrected chi connectivity index (χ4v) is 1.11. The average Bonchev–Trinajstić information content (AvgIpc) is 2.21. The molecule has 0 saturated carbocycles. The zero-order chi connectivity index (χ0) is 10.6. The van der Waals surface area contributed by atoms with Crippen molar-refractivity contribution in [3.8, 4) is 0 Å². The molecule has 0 fully saturated rings. The number of carbonyl (C=O) groups excluding carboxylic acids is 2. The highest BCUT2D eigenvalue weighted by Gasteiger charge is 2.27. The summed E-state index contributed by atoms with van der Waals surface area (Å²) in [6.07, 6.45) is 0.601. The van der Waals surface area contributed by atoms with Gasteiger partial charge < -0.3 is 14.2 Å². The molecule has 0 aromatic carbocycles. The van der Waals surface area contributed by atoms with E-state index in [0.717, 1.165) is 0 Å². The Morgan fingerprint density at radius 3 is 2.93 bits per heavy atom. The normalized spacial score (nSPS) is 21.1. The van der Waals surface area contributed by atoms with Gasteiger partial charge in [-0.05, 0) is 0 Å². The van der Waals surface area contributed by atoms with Gasteiger partial charge in [0, 0.05) is 12.7 Å². The first kappa shape index (κ1) is 10.7. The Morgan fingerprint density at radius 2 is 2.36 bits per heavy atom. The number of ketones is 1. The van der Waals surface area contributed by atoms with Gasteiger partial charge >= 0.3 is 5.97 Å². The Bertz CT molecular complexity index is 268. The van der Waals surface area contributed by atoms with Gasteiger partial charge in [0.15, 0.2) is 11.9 Å². The second-order valence-electron chi connectivity index (χ2n) is 2.82. The minimum atomic E-state index is -0.611. The number of rotatable bonds is 3. The molecule has 1 unspecified atom stereocenters. The first-order valence-corrected chi connectivity index (χ1v) is 4.13. The molecule has 1 atom stereocenters. The van der Waals surface area contributed by atoms with E-state index in [4.69, 9.17) is 9.47 Å². The third-order valence-corrected chi connectivity index (χ3v) is 1.93. The lowest BCUT2D eigenvalue weighted by Crippen LogP contribution is -2.33. The molecular weight excluding hydrogens is 188 g/mol. The summed E-state index contributed by atoms with van der Waals surface area (Å²) in [6.45, 7) is 0.194. The zero-order valence-corrected chi connectivity index (χ0v) is 8.11. The standard InChI is InChI=1S/C9H12O5/c1-12-7-5-14-4-6(9(7)11)3-8(10)13-2/h4,7H,3,5H2,1-2H3. The van der Waals surface area contributed by atoms with Gasteiger partial charge in [0.05, 0.1) is 19.8 Å². The molecule has 0 aromatic heterocycles. The second kappa shape index (κ2) is 4.76. The van der Waals surface area contributed by atoms with Crippen LogP contribution in [0.3, 0.4) is 0 Å². The van der Waals surface area contributed by atoms with E-state index in [0.29, 0.717) is 0 Å². The van der Waals surface area contributed by atoms with Crippen LogP contribution in [0.5, 0.6) is 0 Å². The van der Waals surface area contributed by atoms with Gasteiger partial charge in [0.2, 0.25) is 0 Å². The Labute approximate surface area is 81.6 Å². The highest BCUT2D eigenvalue weighted by molar-refractivity contribution is 6.02. The molecule has 0 amide bonds. The van der Waals surface area contributed by atoms with Crippen molar-refractivity contribution in [3.05, 3.63) is 11.8 Å². The van der Waals surface area contributed by atoms with Gasteiger partial charge in [-0.15, -0.1) is 0 Å². The van der Waals surface area contributed by atoms with Crippen LogP contribution in [-0.4, -0.2) is 38.7 Å². The van der Waals surface area contributed by atoms with Crippen LogP contribution in [-0.2, 0) is 23.8 Å². The number of hydrogen-bond donors (Lipinski definition) is 0. The number of carbonyl (C=O) groups is 2. The lowest BCUT2D eigenvalue weighted by molar-refractivity contribution is -0.141. The first-order valence-electron chi connectivity index (χ1n) is 4.13. The lowest BCUT2D eigenvalue weighted by Gasteiger charge is -2.19. The van der Waals surface area contributed by atoms with Crippen molar-refractivity contribution in [1.82, 2.24) is 0 Å². The van der Waals surface area contributed by atoms with E-state index < -0.39 is 12.1 Å². The molecule has 78 valence electrons. The van der Waals surface area contributed by atoms with Crippen LogP contribution < -0.4 is 0 Å². The number of hydrogen-bond acceptors (Lipinski definition) is 5. The summed E-state index contributed by atoms with van der Waals surface area (Å²) < 4.78 is 14.3. The Kier molecular flexibility index (Phi) is 3.64. The summed E-state index contributed by atoms with van der Waals surface area (Å²) in [6, 6.07) is 0. The summed E-state index contributed by atoms with van der Waals surface area (Å²) in [5.74, 6) is -0.686. The smallest absolute Gasteiger partial charge is 0.310 e. The molecule has 5 heteroatoms. The third-order valence-electron chi connectivity index (χ3n) is 1.93. The molecule has 0 aromatic rings. The van der Waals surface area contributed by atoms with Crippen LogP contribution in [0.25, 0.3) is 0 Å². The Morgan fingerprint density at radius 1 is 1.64 bits per heavy atom. The third kappa shape index (κ3) is 2.32. The van der Waals surface area contributed by atoms with Gasteiger partial charge in [-0.3, -0.25) is 9.59 Å². The van der Waals surface area contributed by atoms with Crippen molar-refractivity contribution < 1.29 is 23.8 Å². The van der Waals surface area contributed by atoms with Crippen molar-refractivity contribution in [2.45, 2.75) is 12.5 Å². The molecule has 1 aliphatic rings. The van der Waals surface area contributed by atoms with E-state index in [1.54, 1.807) is 0 Å². The van der Waals surface area contributed by atoms with Gasteiger partial charge in [0.1, 0.15) is 6.61 Å². The summed E-state index contributed by atoms with van der Waals surface area (Å²) in [5.41, 5.74) is 0.287. The molecule has 0 spiro atoms. The number of methoxy groups -OCH3 is 2. The second-order valence-corrected chi connectivity index (χ2v) is 2.82. The number of esters is 1. The number of Topliss-reactive ketones (excluding diaryl/α,β-unsaturated/α-hetero) is 1. The van der Waals surface area contributed by atoms with E-state index in [-0.39, 0.29) is 24.4 Å². The molecule has 1 rings (SSSR count). The maximum atomic E-state index is 11.5. The zero-order valence-electron chi connectivity index (χ0n) is 8.11. The SMILES string of the molecule is COC(=O)CC1=COCC(OC)C1=O. The molecule has 0 aliphatic carbocycles. The lowest BCUT2D eigenvalue weighted by atomic mass is 10.0. The van der Waals surface area contributed by atoms with Crippen LogP contribution >= 0.6 is 0 Å². The average molecular weight is 200 g/mol. The van der Waals surface area contributed by atoms with Crippen LogP contribution in [0, 0.1) is 0 Å². The monoisotopic (exact) mass is 200 g/mol. The van der Waals surface area contributed by atoms with E-state index >= 15 is 0 Å². The summed E-state index contributed by atoms with van der Waals surface area (Å²) >= 11 is 0. The van der Waals surface area contributed by atoms with Gasteiger partial charge in [-0.2, -0.15) is 0 Å².